The van der Waals surface area contributed by atoms with Crippen molar-refractivity contribution in [2.45, 2.75) is 19.4 Å². The molecule has 0 bridgehead atoms. The maximum Gasteiger partial charge on any atom is 0.264 e. The predicted octanol–water partition coefficient (Wildman–Crippen LogP) is 7.06. The van der Waals surface area contributed by atoms with Crippen molar-refractivity contribution in [1.29, 1.82) is 0 Å². The number of nitrogens with zero attached hydrogens (tertiary/aromatic N) is 2. The molecule has 0 atom stereocenters. The molecule has 194 valence electrons. The Kier molecular flexibility index (Phi) is 6.73. The third kappa shape index (κ3) is 5.21. The summed E-state index contributed by atoms with van der Waals surface area (Å²) >= 11 is 0. The van der Waals surface area contributed by atoms with Gasteiger partial charge in [0.15, 0.2) is 6.20 Å². The lowest BCUT2D eigenvalue weighted by Gasteiger charge is -2.07. The minimum Gasteiger partial charge on any atom is -0.309 e. The molecule has 0 radical (unpaired) electrons. The molecule has 0 spiro atoms. The SMILES string of the molecule is O=S(=O)(O)CCCC[n+]1ccc(/C=C/c2ccc3c(c2)c2ccccc2n3-c2ccccc2)c2ccccc21. The number of pyridine rings is 1. The van der Waals surface area contributed by atoms with Crippen LogP contribution in [-0.4, -0.2) is 23.3 Å². The number of hydrogen-bond donors (Lipinski definition) is 1. The molecule has 39 heavy (non-hydrogen) atoms. The number of aromatic nitrogens is 2. The number of hydrogen-bond acceptors (Lipinski definition) is 2. The molecule has 0 aliphatic heterocycles. The van der Waals surface area contributed by atoms with E-state index >= 15 is 0 Å². The monoisotopic (exact) mass is 533 g/mol. The van der Waals surface area contributed by atoms with Crippen LogP contribution in [0.15, 0.2) is 109 Å². The maximum atomic E-state index is 11.0. The molecule has 6 heteroatoms. The van der Waals surface area contributed by atoms with Gasteiger partial charge in [-0.2, -0.15) is 13.0 Å². The van der Waals surface area contributed by atoms with Crippen molar-refractivity contribution in [3.05, 3.63) is 120 Å². The smallest absolute Gasteiger partial charge is 0.264 e. The summed E-state index contributed by atoms with van der Waals surface area (Å²) in [5, 5.41) is 3.58. The van der Waals surface area contributed by atoms with Crippen LogP contribution >= 0.6 is 0 Å². The molecule has 0 aliphatic carbocycles. The van der Waals surface area contributed by atoms with Crippen LogP contribution in [0.4, 0.5) is 0 Å². The van der Waals surface area contributed by atoms with Gasteiger partial charge < -0.3 is 4.57 Å². The van der Waals surface area contributed by atoms with E-state index in [0.29, 0.717) is 19.4 Å². The Balaban J connectivity index is 1.34. The summed E-state index contributed by atoms with van der Waals surface area (Å²) < 4.78 is 35.5. The standard InChI is InChI=1S/C33H28N2O3S/c36-39(37,38)23-9-8-21-34-22-20-26(28-12-4-6-14-31(28)34)18-16-25-17-19-33-30(24-25)29-13-5-7-15-32(29)35(33)27-10-2-1-3-11-27/h1-7,10-20,22,24H,8-9,21,23H2/p+1. The predicted molar refractivity (Wildman–Crippen MR) is 160 cm³/mol. The first-order chi connectivity index (χ1) is 19.0. The van der Waals surface area contributed by atoms with Crippen LogP contribution in [-0.2, 0) is 16.7 Å². The molecule has 0 amide bonds. The van der Waals surface area contributed by atoms with Crippen molar-refractivity contribution in [2.24, 2.45) is 0 Å². The molecule has 2 heterocycles. The molecule has 6 aromatic rings. The fourth-order valence-electron chi connectivity index (χ4n) is 5.35. The number of benzene rings is 4. The third-order valence-electron chi connectivity index (χ3n) is 7.18. The maximum absolute atomic E-state index is 11.0. The number of aryl methyl sites for hydroxylation is 1. The van der Waals surface area contributed by atoms with Crippen LogP contribution in [0.5, 0.6) is 0 Å². The minimum atomic E-state index is -3.92. The van der Waals surface area contributed by atoms with Crippen LogP contribution in [0.3, 0.4) is 0 Å². The topological polar surface area (TPSA) is 63.2 Å². The van der Waals surface area contributed by atoms with Crippen molar-refractivity contribution in [3.8, 4) is 5.69 Å². The van der Waals surface area contributed by atoms with Gasteiger partial charge >= 0.3 is 0 Å². The minimum absolute atomic E-state index is 0.208. The Labute approximate surface area is 228 Å². The first-order valence-corrected chi connectivity index (χ1v) is 14.7. The van der Waals surface area contributed by atoms with E-state index in [4.69, 9.17) is 4.55 Å². The average Bonchev–Trinajstić information content (AvgIpc) is 3.28. The lowest BCUT2D eigenvalue weighted by molar-refractivity contribution is -0.671. The van der Waals surface area contributed by atoms with E-state index in [-0.39, 0.29) is 5.75 Å². The van der Waals surface area contributed by atoms with E-state index in [1.54, 1.807) is 0 Å². The van der Waals surface area contributed by atoms with Crippen molar-refractivity contribution in [2.75, 3.05) is 5.75 Å². The summed E-state index contributed by atoms with van der Waals surface area (Å²) in [7, 11) is -3.92. The average molecular weight is 534 g/mol. The van der Waals surface area contributed by atoms with Gasteiger partial charge in [-0.15, -0.1) is 0 Å². The van der Waals surface area contributed by atoms with Gasteiger partial charge in [-0.3, -0.25) is 4.55 Å². The zero-order chi connectivity index (χ0) is 26.8. The summed E-state index contributed by atoms with van der Waals surface area (Å²) in [5.74, 6) is -0.208. The van der Waals surface area contributed by atoms with Crippen LogP contribution in [0.1, 0.15) is 24.0 Å². The number of para-hydroxylation sites is 3. The lowest BCUT2D eigenvalue weighted by Crippen LogP contribution is -2.34. The fourth-order valence-corrected chi connectivity index (χ4v) is 5.92. The van der Waals surface area contributed by atoms with E-state index in [1.807, 2.05) is 24.4 Å². The second kappa shape index (κ2) is 10.5. The Morgan fingerprint density at radius 2 is 1.44 bits per heavy atom. The Bertz CT molecular complexity index is 1940. The summed E-state index contributed by atoms with van der Waals surface area (Å²) in [6.45, 7) is 0.683. The molecule has 0 unspecified atom stereocenters. The molecule has 6 rings (SSSR count). The quantitative estimate of drug-likeness (QED) is 0.129. The molecule has 0 saturated heterocycles. The Hall–Kier alpha value is -4.26. The molecule has 0 saturated carbocycles. The third-order valence-corrected chi connectivity index (χ3v) is 7.98. The largest absolute Gasteiger partial charge is 0.309 e. The van der Waals surface area contributed by atoms with Crippen LogP contribution < -0.4 is 4.57 Å². The summed E-state index contributed by atoms with van der Waals surface area (Å²) in [5.41, 5.74) is 6.85. The molecular weight excluding hydrogens is 504 g/mol. The van der Waals surface area contributed by atoms with Gasteiger partial charge in [0.1, 0.15) is 6.54 Å². The van der Waals surface area contributed by atoms with Crippen molar-refractivity contribution in [3.63, 3.8) is 0 Å². The van der Waals surface area contributed by atoms with E-state index in [1.165, 1.54) is 21.8 Å². The summed E-state index contributed by atoms with van der Waals surface area (Å²) in [4.78, 5) is 0. The highest BCUT2D eigenvalue weighted by Crippen LogP contribution is 2.33. The molecule has 1 N–H and O–H groups in total. The molecule has 0 fully saturated rings. The second-order valence-corrected chi connectivity index (χ2v) is 11.3. The number of fused-ring (bicyclic) bond motifs is 4. The first kappa shape index (κ1) is 25.0. The number of unbranched alkanes of at least 4 members (excludes halogenated alkanes) is 1. The van der Waals surface area contributed by atoms with Gasteiger partial charge in [-0.25, -0.2) is 0 Å². The van der Waals surface area contributed by atoms with Crippen molar-refractivity contribution < 1.29 is 17.5 Å². The van der Waals surface area contributed by atoms with E-state index in [2.05, 4.69) is 106 Å². The van der Waals surface area contributed by atoms with Crippen LogP contribution in [0.2, 0.25) is 0 Å². The van der Waals surface area contributed by atoms with E-state index in [0.717, 1.165) is 27.7 Å². The van der Waals surface area contributed by atoms with Gasteiger partial charge in [0.25, 0.3) is 10.1 Å². The summed E-state index contributed by atoms with van der Waals surface area (Å²) in [6, 6.07) is 36.0. The van der Waals surface area contributed by atoms with Crippen LogP contribution in [0, 0.1) is 0 Å². The normalized spacial score (nSPS) is 12.2. The first-order valence-electron chi connectivity index (χ1n) is 13.1. The van der Waals surface area contributed by atoms with E-state index in [9.17, 15) is 8.42 Å². The van der Waals surface area contributed by atoms with Crippen molar-refractivity contribution >= 4 is 55.0 Å². The highest BCUT2D eigenvalue weighted by molar-refractivity contribution is 7.85. The molecule has 4 aromatic carbocycles. The highest BCUT2D eigenvalue weighted by atomic mass is 32.2. The summed E-state index contributed by atoms with van der Waals surface area (Å²) in [6.07, 6.45) is 7.45. The fraction of sp³-hybridized carbons (Fsp3) is 0.121. The Morgan fingerprint density at radius 1 is 0.718 bits per heavy atom. The van der Waals surface area contributed by atoms with Gasteiger partial charge in [0.05, 0.1) is 22.2 Å². The van der Waals surface area contributed by atoms with Gasteiger partial charge in [0, 0.05) is 35.0 Å². The van der Waals surface area contributed by atoms with Gasteiger partial charge in [-0.1, -0.05) is 66.7 Å². The van der Waals surface area contributed by atoms with Crippen LogP contribution in [0.25, 0.3) is 50.5 Å². The van der Waals surface area contributed by atoms with Gasteiger partial charge in [-0.05, 0) is 53.9 Å². The molecule has 2 aromatic heterocycles. The second-order valence-electron chi connectivity index (χ2n) is 9.77. The molecule has 0 aliphatic rings. The van der Waals surface area contributed by atoms with Gasteiger partial charge in [0.2, 0.25) is 5.52 Å². The zero-order valence-corrected chi connectivity index (χ0v) is 22.3. The van der Waals surface area contributed by atoms with E-state index < -0.39 is 10.1 Å². The molecular formula is C33H29N2O3S+. The zero-order valence-electron chi connectivity index (χ0n) is 21.4. The number of rotatable bonds is 8. The highest BCUT2D eigenvalue weighted by Gasteiger charge is 2.14. The molecule has 5 nitrogen and oxygen atoms in total. The lowest BCUT2D eigenvalue weighted by atomic mass is 10.1. The van der Waals surface area contributed by atoms with Crippen molar-refractivity contribution in [1.82, 2.24) is 4.57 Å². The Morgan fingerprint density at radius 3 is 2.26 bits per heavy atom.